The summed E-state index contributed by atoms with van der Waals surface area (Å²) in [5, 5.41) is 2.64. The number of ketones is 1. The van der Waals surface area contributed by atoms with E-state index in [9.17, 15) is 4.79 Å². The van der Waals surface area contributed by atoms with Gasteiger partial charge >= 0.3 is 0 Å². The van der Waals surface area contributed by atoms with Crippen LogP contribution in [0, 0.1) is 11.8 Å². The van der Waals surface area contributed by atoms with Crippen LogP contribution in [0.15, 0.2) is 42.5 Å². The molecule has 1 nitrogen and oxygen atoms in total. The van der Waals surface area contributed by atoms with Crippen LogP contribution in [0.1, 0.15) is 38.2 Å². The van der Waals surface area contributed by atoms with Crippen molar-refractivity contribution >= 4 is 16.6 Å². The topological polar surface area (TPSA) is 17.1 Å². The number of carbonyl (C=O) groups is 1. The Bertz CT molecular complexity index is 609. The van der Waals surface area contributed by atoms with Crippen molar-refractivity contribution in [2.45, 2.75) is 39.0 Å². The molecule has 0 amide bonds. The van der Waals surface area contributed by atoms with Gasteiger partial charge in [0.25, 0.3) is 0 Å². The van der Waals surface area contributed by atoms with Crippen LogP contribution in [0.2, 0.25) is 0 Å². The maximum Gasteiger partial charge on any atom is 0.136 e. The largest absolute Gasteiger partial charge is 0.299 e. The lowest BCUT2D eigenvalue weighted by Gasteiger charge is -2.25. The zero-order chi connectivity index (χ0) is 13.9. The summed E-state index contributed by atoms with van der Waals surface area (Å²) in [6, 6.07) is 15.0. The molecule has 2 atom stereocenters. The van der Waals surface area contributed by atoms with Gasteiger partial charge in [-0.3, -0.25) is 4.79 Å². The van der Waals surface area contributed by atoms with Crippen LogP contribution in [-0.4, -0.2) is 5.78 Å². The van der Waals surface area contributed by atoms with E-state index in [1.165, 1.54) is 16.3 Å². The number of Topliss-reactive ketones (excluding diaryl/α,β-unsaturated/α-hetero) is 1. The van der Waals surface area contributed by atoms with Gasteiger partial charge in [-0.15, -0.1) is 0 Å². The second-order valence-electron chi connectivity index (χ2n) is 6.22. The molecular formula is C19H22O. The third-order valence-corrected chi connectivity index (χ3v) is 4.67. The molecule has 104 valence electrons. The van der Waals surface area contributed by atoms with Crippen molar-refractivity contribution in [3.8, 4) is 0 Å². The van der Waals surface area contributed by atoms with Gasteiger partial charge in [-0.2, -0.15) is 0 Å². The molecule has 1 heteroatoms. The minimum absolute atomic E-state index is 0.290. The number of aryl methyl sites for hydroxylation is 1. The number of benzene rings is 2. The molecule has 0 saturated heterocycles. The van der Waals surface area contributed by atoms with E-state index in [-0.39, 0.29) is 5.92 Å². The number of hydrogen-bond donors (Lipinski definition) is 0. The smallest absolute Gasteiger partial charge is 0.136 e. The van der Waals surface area contributed by atoms with Crippen molar-refractivity contribution in [2.75, 3.05) is 0 Å². The van der Waals surface area contributed by atoms with Crippen LogP contribution < -0.4 is 0 Å². The van der Waals surface area contributed by atoms with E-state index in [0.29, 0.717) is 11.7 Å². The highest BCUT2D eigenvalue weighted by Crippen LogP contribution is 2.30. The maximum absolute atomic E-state index is 12.0. The molecule has 1 aliphatic rings. The molecule has 2 aromatic rings. The molecule has 1 fully saturated rings. The highest BCUT2D eigenvalue weighted by Gasteiger charge is 2.25. The van der Waals surface area contributed by atoms with E-state index in [1.54, 1.807) is 0 Å². The van der Waals surface area contributed by atoms with Gasteiger partial charge in [0.2, 0.25) is 0 Å². The average molecular weight is 266 g/mol. The van der Waals surface area contributed by atoms with Crippen molar-refractivity contribution < 1.29 is 4.79 Å². The summed E-state index contributed by atoms with van der Waals surface area (Å²) in [5.41, 5.74) is 1.38. The second kappa shape index (κ2) is 5.78. The van der Waals surface area contributed by atoms with E-state index in [0.717, 1.165) is 32.1 Å². The van der Waals surface area contributed by atoms with Crippen LogP contribution in [-0.2, 0) is 11.2 Å². The summed E-state index contributed by atoms with van der Waals surface area (Å²) in [6.07, 6.45) is 5.00. The van der Waals surface area contributed by atoms with E-state index < -0.39 is 0 Å². The van der Waals surface area contributed by atoms with Crippen molar-refractivity contribution in [1.82, 2.24) is 0 Å². The van der Waals surface area contributed by atoms with Gasteiger partial charge in [-0.25, -0.2) is 0 Å². The van der Waals surface area contributed by atoms with Gasteiger partial charge in [-0.05, 0) is 47.9 Å². The summed E-state index contributed by atoms with van der Waals surface area (Å²) in [4.78, 5) is 12.0. The van der Waals surface area contributed by atoms with Crippen LogP contribution >= 0.6 is 0 Å². The highest BCUT2D eigenvalue weighted by atomic mass is 16.1. The van der Waals surface area contributed by atoms with Gasteiger partial charge in [0.05, 0.1) is 0 Å². The van der Waals surface area contributed by atoms with E-state index >= 15 is 0 Å². The van der Waals surface area contributed by atoms with Crippen molar-refractivity contribution in [3.05, 3.63) is 48.0 Å². The minimum Gasteiger partial charge on any atom is -0.299 e. The molecule has 0 radical (unpaired) electrons. The Balaban J connectivity index is 1.75. The van der Waals surface area contributed by atoms with E-state index in [1.807, 2.05) is 0 Å². The zero-order valence-electron chi connectivity index (χ0n) is 12.1. The van der Waals surface area contributed by atoms with Crippen LogP contribution in [0.5, 0.6) is 0 Å². The lowest BCUT2D eigenvalue weighted by molar-refractivity contribution is -0.125. The van der Waals surface area contributed by atoms with E-state index in [4.69, 9.17) is 0 Å². The molecule has 0 heterocycles. The Hall–Kier alpha value is -1.63. The highest BCUT2D eigenvalue weighted by molar-refractivity contribution is 5.86. The molecule has 0 bridgehead atoms. The predicted molar refractivity (Wildman–Crippen MR) is 83.8 cm³/mol. The Morgan fingerprint density at radius 3 is 2.80 bits per heavy atom. The molecule has 3 rings (SSSR count). The summed E-state index contributed by atoms with van der Waals surface area (Å²) >= 11 is 0. The molecule has 0 N–H and O–H groups in total. The van der Waals surface area contributed by atoms with Crippen LogP contribution in [0.3, 0.4) is 0 Å². The van der Waals surface area contributed by atoms with Gasteiger partial charge in [0.1, 0.15) is 5.78 Å². The Labute approximate surface area is 121 Å². The first-order valence-corrected chi connectivity index (χ1v) is 7.73. The molecular weight excluding hydrogens is 244 g/mol. The molecule has 2 unspecified atom stereocenters. The molecule has 0 spiro atoms. The number of carbonyl (C=O) groups excluding carboxylic acids is 1. The minimum atomic E-state index is 0.290. The Morgan fingerprint density at radius 1 is 1.10 bits per heavy atom. The van der Waals surface area contributed by atoms with Crippen molar-refractivity contribution in [2.24, 2.45) is 11.8 Å². The van der Waals surface area contributed by atoms with Gasteiger partial charge in [0.15, 0.2) is 0 Å². The van der Waals surface area contributed by atoms with Crippen molar-refractivity contribution in [3.63, 3.8) is 0 Å². The number of hydrogen-bond acceptors (Lipinski definition) is 1. The molecule has 1 aliphatic carbocycles. The van der Waals surface area contributed by atoms with Crippen molar-refractivity contribution in [1.29, 1.82) is 0 Å². The molecule has 0 aromatic heterocycles. The van der Waals surface area contributed by atoms with Crippen LogP contribution in [0.4, 0.5) is 0 Å². The van der Waals surface area contributed by atoms with Crippen LogP contribution in [0.25, 0.3) is 10.8 Å². The lowest BCUT2D eigenvalue weighted by Crippen LogP contribution is -2.24. The normalized spacial score (nSPS) is 23.1. The summed E-state index contributed by atoms with van der Waals surface area (Å²) < 4.78 is 0. The Kier molecular flexibility index (Phi) is 3.86. The monoisotopic (exact) mass is 266 g/mol. The zero-order valence-corrected chi connectivity index (χ0v) is 12.1. The molecule has 0 aliphatic heterocycles. The SMILES string of the molecule is CC1CCC(=O)C(CCc2cccc3ccccc23)C1. The van der Waals surface area contributed by atoms with Gasteiger partial charge in [0, 0.05) is 12.3 Å². The molecule has 2 aromatic carbocycles. The average Bonchev–Trinajstić information content (AvgIpc) is 2.48. The second-order valence-corrected chi connectivity index (χ2v) is 6.22. The third-order valence-electron chi connectivity index (χ3n) is 4.67. The first kappa shape index (κ1) is 13.4. The summed E-state index contributed by atoms with van der Waals surface area (Å²) in [5.74, 6) is 1.49. The fourth-order valence-electron chi connectivity index (χ4n) is 3.45. The van der Waals surface area contributed by atoms with E-state index in [2.05, 4.69) is 49.4 Å². The number of rotatable bonds is 3. The molecule has 20 heavy (non-hydrogen) atoms. The fourth-order valence-corrected chi connectivity index (χ4v) is 3.45. The quantitative estimate of drug-likeness (QED) is 0.781. The maximum atomic E-state index is 12.0. The summed E-state index contributed by atoms with van der Waals surface area (Å²) in [6.45, 7) is 2.28. The molecule has 1 saturated carbocycles. The first-order chi connectivity index (χ1) is 9.74. The third kappa shape index (κ3) is 2.77. The lowest BCUT2D eigenvalue weighted by atomic mass is 9.78. The number of fused-ring (bicyclic) bond motifs is 1. The van der Waals surface area contributed by atoms with Gasteiger partial charge in [-0.1, -0.05) is 49.4 Å². The first-order valence-electron chi connectivity index (χ1n) is 7.73. The Morgan fingerprint density at radius 2 is 1.90 bits per heavy atom. The summed E-state index contributed by atoms with van der Waals surface area (Å²) in [7, 11) is 0. The standard InChI is InChI=1S/C19H22O/c1-14-9-12-19(20)17(13-14)11-10-16-7-4-6-15-5-2-3-8-18(15)16/h2-8,14,17H,9-13H2,1H3. The fraction of sp³-hybridized carbons (Fsp3) is 0.421. The van der Waals surface area contributed by atoms with Gasteiger partial charge < -0.3 is 0 Å². The predicted octanol–water partition coefficient (Wildman–Crippen LogP) is 4.78.